The van der Waals surface area contributed by atoms with E-state index in [1.807, 2.05) is 0 Å². The van der Waals surface area contributed by atoms with Crippen molar-refractivity contribution in [1.29, 1.82) is 0 Å². The van der Waals surface area contributed by atoms with Crippen molar-refractivity contribution in [3.63, 3.8) is 0 Å². The molecule has 2 aliphatic rings. The molecule has 0 radical (unpaired) electrons. The number of fused-ring (bicyclic) bond motifs is 1. The number of rotatable bonds is 2. The number of carbonyl (C=O) groups is 1. The largest absolute Gasteiger partial charge is 0.380 e. The average molecular weight is 161 g/mol. The lowest BCUT2D eigenvalue weighted by Crippen LogP contribution is -2.20. The van der Waals surface area contributed by atoms with E-state index >= 15 is 0 Å². The van der Waals surface area contributed by atoms with Gasteiger partial charge in [-0.15, -0.1) is 11.6 Å². The van der Waals surface area contributed by atoms with Crippen LogP contribution in [0, 0.1) is 11.3 Å². The van der Waals surface area contributed by atoms with E-state index in [4.69, 9.17) is 16.3 Å². The van der Waals surface area contributed by atoms with Gasteiger partial charge in [-0.1, -0.05) is 0 Å². The normalized spacial score (nSPS) is 43.1. The number of carbonyl (C=O) groups excluding carboxylic acids is 1. The second-order valence-corrected chi connectivity index (χ2v) is 3.40. The minimum Gasteiger partial charge on any atom is -0.380 e. The van der Waals surface area contributed by atoms with Crippen LogP contribution in [-0.4, -0.2) is 24.9 Å². The number of ether oxygens (including phenoxy) is 1. The molecule has 0 unspecified atom stereocenters. The van der Waals surface area contributed by atoms with Crippen molar-refractivity contribution in [3.05, 3.63) is 0 Å². The summed E-state index contributed by atoms with van der Waals surface area (Å²) >= 11 is 5.44. The third-order valence-electron chi connectivity index (χ3n) is 2.59. The summed E-state index contributed by atoms with van der Waals surface area (Å²) in [5.74, 6) is 0.829. The summed E-state index contributed by atoms with van der Waals surface area (Å²) in [7, 11) is 0. The standard InChI is InChI=1S/C7H9ClO2/c8-2-6(9)7-1-5(7)3-10-4-7/h5H,1-4H2/t5-,7-/m1/s1. The molecule has 0 amide bonds. The Morgan fingerprint density at radius 1 is 1.80 bits per heavy atom. The summed E-state index contributed by atoms with van der Waals surface area (Å²) in [6.07, 6.45) is 1.01. The highest BCUT2D eigenvalue weighted by Gasteiger charge is 2.62. The van der Waals surface area contributed by atoms with Gasteiger partial charge in [-0.25, -0.2) is 0 Å². The van der Waals surface area contributed by atoms with Crippen LogP contribution in [0.3, 0.4) is 0 Å². The molecule has 0 aromatic heterocycles. The second kappa shape index (κ2) is 1.95. The third kappa shape index (κ3) is 0.663. The highest BCUT2D eigenvalue weighted by atomic mass is 35.5. The van der Waals surface area contributed by atoms with E-state index < -0.39 is 0 Å². The number of Topliss-reactive ketones (excluding diaryl/α,β-unsaturated/α-hetero) is 1. The molecule has 10 heavy (non-hydrogen) atoms. The van der Waals surface area contributed by atoms with Crippen molar-refractivity contribution >= 4 is 17.4 Å². The minimum atomic E-state index is -0.123. The zero-order valence-corrected chi connectivity index (χ0v) is 6.36. The minimum absolute atomic E-state index is 0.123. The molecule has 2 nitrogen and oxygen atoms in total. The molecule has 1 aliphatic carbocycles. The molecule has 56 valence electrons. The second-order valence-electron chi connectivity index (χ2n) is 3.13. The Labute approximate surface area is 64.5 Å². The summed E-state index contributed by atoms with van der Waals surface area (Å²) in [6, 6.07) is 0. The highest BCUT2D eigenvalue weighted by Crippen LogP contribution is 2.57. The molecule has 2 fully saturated rings. The first-order valence-electron chi connectivity index (χ1n) is 3.46. The van der Waals surface area contributed by atoms with Gasteiger partial charge in [0, 0.05) is 0 Å². The number of halogens is 1. The Morgan fingerprint density at radius 2 is 2.60 bits per heavy atom. The Morgan fingerprint density at radius 3 is 3.00 bits per heavy atom. The van der Waals surface area contributed by atoms with E-state index in [9.17, 15) is 4.79 Å². The van der Waals surface area contributed by atoms with Gasteiger partial charge in [-0.05, 0) is 12.3 Å². The van der Waals surface area contributed by atoms with Crippen LogP contribution in [0.4, 0.5) is 0 Å². The van der Waals surface area contributed by atoms with Gasteiger partial charge in [-0.3, -0.25) is 4.79 Å². The van der Waals surface area contributed by atoms with E-state index in [0.717, 1.165) is 13.0 Å². The lowest BCUT2D eigenvalue weighted by atomic mass is 10.0. The third-order valence-corrected chi connectivity index (χ3v) is 2.83. The Hall–Kier alpha value is -0.0800. The Bertz CT molecular complexity index is 180. The topological polar surface area (TPSA) is 26.3 Å². The summed E-state index contributed by atoms with van der Waals surface area (Å²) in [6.45, 7) is 1.38. The molecule has 0 aromatic rings. The number of ketones is 1. The molecular weight excluding hydrogens is 152 g/mol. The van der Waals surface area contributed by atoms with Gasteiger partial charge < -0.3 is 4.74 Å². The fourth-order valence-electron chi connectivity index (χ4n) is 1.71. The fraction of sp³-hybridized carbons (Fsp3) is 0.857. The quantitative estimate of drug-likeness (QED) is 0.560. The zero-order valence-electron chi connectivity index (χ0n) is 5.60. The molecule has 2 atom stereocenters. The first-order valence-corrected chi connectivity index (χ1v) is 4.00. The van der Waals surface area contributed by atoms with Crippen LogP contribution in [-0.2, 0) is 9.53 Å². The van der Waals surface area contributed by atoms with Crippen molar-refractivity contribution in [1.82, 2.24) is 0 Å². The van der Waals surface area contributed by atoms with Crippen LogP contribution in [0.2, 0.25) is 0 Å². The monoisotopic (exact) mass is 160 g/mol. The van der Waals surface area contributed by atoms with Gasteiger partial charge in [0.1, 0.15) is 0 Å². The highest BCUT2D eigenvalue weighted by molar-refractivity contribution is 6.28. The number of hydrogen-bond donors (Lipinski definition) is 0. The molecule has 0 spiro atoms. The summed E-state index contributed by atoms with van der Waals surface area (Å²) in [4.78, 5) is 11.2. The molecule has 0 N–H and O–H groups in total. The lowest BCUT2D eigenvalue weighted by molar-refractivity contribution is -0.122. The van der Waals surface area contributed by atoms with E-state index in [1.165, 1.54) is 0 Å². The van der Waals surface area contributed by atoms with Gasteiger partial charge in [0.05, 0.1) is 24.5 Å². The summed E-state index contributed by atoms with van der Waals surface area (Å²) in [5, 5.41) is 0. The summed E-state index contributed by atoms with van der Waals surface area (Å²) in [5.41, 5.74) is -0.123. The van der Waals surface area contributed by atoms with Gasteiger partial charge in [-0.2, -0.15) is 0 Å². The molecular formula is C7H9ClO2. The van der Waals surface area contributed by atoms with E-state index in [2.05, 4.69) is 0 Å². The van der Waals surface area contributed by atoms with Crippen LogP contribution in [0.1, 0.15) is 6.42 Å². The molecule has 3 heteroatoms. The number of alkyl halides is 1. The van der Waals surface area contributed by atoms with E-state index in [1.54, 1.807) is 0 Å². The smallest absolute Gasteiger partial charge is 0.156 e. The molecule has 1 saturated carbocycles. The first kappa shape index (κ1) is 6.62. The van der Waals surface area contributed by atoms with Gasteiger partial charge in [0.15, 0.2) is 5.78 Å². The van der Waals surface area contributed by atoms with Crippen LogP contribution >= 0.6 is 11.6 Å². The molecule has 1 aliphatic heterocycles. The molecule has 1 heterocycles. The average Bonchev–Trinajstić information content (AvgIpc) is 2.54. The van der Waals surface area contributed by atoms with Crippen molar-refractivity contribution in [2.45, 2.75) is 6.42 Å². The van der Waals surface area contributed by atoms with Crippen molar-refractivity contribution < 1.29 is 9.53 Å². The molecule has 0 bridgehead atoms. The maximum atomic E-state index is 11.2. The maximum absolute atomic E-state index is 11.2. The van der Waals surface area contributed by atoms with Crippen molar-refractivity contribution in [2.24, 2.45) is 11.3 Å². The van der Waals surface area contributed by atoms with Crippen LogP contribution in [0.15, 0.2) is 0 Å². The molecule has 2 rings (SSSR count). The van der Waals surface area contributed by atoms with Gasteiger partial charge >= 0.3 is 0 Å². The van der Waals surface area contributed by atoms with Crippen molar-refractivity contribution in [2.75, 3.05) is 19.1 Å². The van der Waals surface area contributed by atoms with Gasteiger partial charge in [0.25, 0.3) is 0 Å². The lowest BCUT2D eigenvalue weighted by Gasteiger charge is -2.05. The van der Waals surface area contributed by atoms with Crippen LogP contribution in [0.25, 0.3) is 0 Å². The van der Waals surface area contributed by atoms with Gasteiger partial charge in [0.2, 0.25) is 0 Å². The Balaban J connectivity index is 2.11. The SMILES string of the molecule is O=C(CCl)[C@]12COC[C@H]1C2. The van der Waals surface area contributed by atoms with Crippen molar-refractivity contribution in [3.8, 4) is 0 Å². The predicted octanol–water partition coefficient (Wildman–Crippen LogP) is 0.831. The molecule has 0 aromatic carbocycles. The number of hydrogen-bond acceptors (Lipinski definition) is 2. The zero-order chi connectivity index (χ0) is 7.19. The fourth-order valence-corrected chi connectivity index (χ4v) is 1.98. The maximum Gasteiger partial charge on any atom is 0.156 e. The predicted molar refractivity (Wildman–Crippen MR) is 37.1 cm³/mol. The van der Waals surface area contributed by atoms with E-state index in [0.29, 0.717) is 12.5 Å². The molecule has 1 saturated heterocycles. The Kier molecular flexibility index (Phi) is 1.29. The van der Waals surface area contributed by atoms with Crippen LogP contribution in [0.5, 0.6) is 0 Å². The van der Waals surface area contributed by atoms with Crippen LogP contribution < -0.4 is 0 Å². The first-order chi connectivity index (χ1) is 4.79. The van der Waals surface area contributed by atoms with E-state index in [-0.39, 0.29) is 17.1 Å². The summed E-state index contributed by atoms with van der Waals surface area (Å²) < 4.78 is 5.15.